The van der Waals surface area contributed by atoms with Gasteiger partial charge in [-0.3, -0.25) is 4.79 Å². The first kappa shape index (κ1) is 14.7. The third-order valence-electron chi connectivity index (χ3n) is 3.38. The van der Waals surface area contributed by atoms with Crippen molar-refractivity contribution in [1.82, 2.24) is 0 Å². The Labute approximate surface area is 114 Å². The quantitative estimate of drug-likeness (QED) is 0.911. The van der Waals surface area contributed by atoms with Gasteiger partial charge in [0.1, 0.15) is 10.7 Å². The monoisotopic (exact) mass is 306 g/mol. The number of methoxy groups -OCH3 is 1. The van der Waals surface area contributed by atoms with Crippen LogP contribution in [0.2, 0.25) is 0 Å². The van der Waals surface area contributed by atoms with Gasteiger partial charge in [-0.05, 0) is 18.9 Å². The maximum atomic E-state index is 14.2. The molecule has 1 aromatic rings. The van der Waals surface area contributed by atoms with Crippen molar-refractivity contribution in [3.63, 3.8) is 0 Å². The second-order valence-electron chi connectivity index (χ2n) is 4.74. The lowest BCUT2D eigenvalue weighted by Gasteiger charge is -2.17. The summed E-state index contributed by atoms with van der Waals surface area (Å²) in [5, 5.41) is 9.17. The van der Waals surface area contributed by atoms with Gasteiger partial charge >= 0.3 is 5.97 Å². The van der Waals surface area contributed by atoms with Crippen molar-refractivity contribution in [3.8, 4) is 5.75 Å². The second kappa shape index (κ2) is 4.41. The molecule has 1 saturated carbocycles. The van der Waals surface area contributed by atoms with Crippen molar-refractivity contribution in [2.75, 3.05) is 13.4 Å². The first-order chi connectivity index (χ1) is 9.15. The minimum atomic E-state index is -4.14. The third-order valence-corrected chi connectivity index (χ3v) is 4.50. The van der Waals surface area contributed by atoms with Crippen LogP contribution in [0.1, 0.15) is 18.4 Å². The summed E-state index contributed by atoms with van der Waals surface area (Å²) in [7, 11) is -3.06. The summed E-state index contributed by atoms with van der Waals surface area (Å²) in [5.41, 5.74) is -1.57. The molecule has 0 aromatic heterocycles. The minimum Gasteiger partial charge on any atom is -0.493 e. The van der Waals surface area contributed by atoms with Crippen LogP contribution in [-0.2, 0) is 20.0 Å². The summed E-state index contributed by atoms with van der Waals surface area (Å²) in [4.78, 5) is 10.1. The molecule has 0 unspecified atom stereocenters. The molecule has 1 aliphatic rings. The predicted octanol–water partition coefficient (Wildman–Crippen LogP) is 1.49. The molecule has 0 bridgehead atoms. The Bertz CT molecular complexity index is 692. The Hall–Kier alpha value is -1.70. The molecule has 1 aliphatic carbocycles. The largest absolute Gasteiger partial charge is 0.493 e. The van der Waals surface area contributed by atoms with E-state index in [-0.39, 0.29) is 18.4 Å². The molecular weight excluding hydrogens is 294 g/mol. The highest BCUT2D eigenvalue weighted by Crippen LogP contribution is 2.53. The lowest BCUT2D eigenvalue weighted by molar-refractivity contribution is -0.140. The molecule has 1 aromatic carbocycles. The number of halogens is 2. The van der Waals surface area contributed by atoms with Crippen LogP contribution in [0, 0.1) is 11.6 Å². The highest BCUT2D eigenvalue weighted by atomic mass is 32.2. The number of carbonyl (C=O) groups is 1. The van der Waals surface area contributed by atoms with E-state index in [0.717, 1.165) is 13.2 Å². The normalized spacial score (nSPS) is 16.8. The SMILES string of the molecule is COc1c(C2(C(=O)O)CC2)cc(F)c(S(C)(=O)=O)c1F. The highest BCUT2D eigenvalue weighted by Gasteiger charge is 2.54. The summed E-state index contributed by atoms with van der Waals surface area (Å²) in [6.45, 7) is 0. The molecule has 20 heavy (non-hydrogen) atoms. The lowest BCUT2D eigenvalue weighted by atomic mass is 9.94. The third kappa shape index (κ3) is 2.04. The van der Waals surface area contributed by atoms with E-state index < -0.39 is 43.5 Å². The van der Waals surface area contributed by atoms with E-state index in [4.69, 9.17) is 9.84 Å². The molecular formula is C12H12F2O5S. The fourth-order valence-electron chi connectivity index (χ4n) is 2.20. The number of carboxylic acid groups (broad SMARTS) is 1. The molecule has 2 rings (SSSR count). The Morgan fingerprint density at radius 3 is 2.30 bits per heavy atom. The molecule has 0 atom stereocenters. The van der Waals surface area contributed by atoms with Crippen molar-refractivity contribution < 1.29 is 31.8 Å². The molecule has 0 spiro atoms. The molecule has 8 heteroatoms. The van der Waals surface area contributed by atoms with Crippen molar-refractivity contribution in [1.29, 1.82) is 0 Å². The molecule has 110 valence electrons. The molecule has 0 radical (unpaired) electrons. The van der Waals surface area contributed by atoms with Crippen molar-refractivity contribution >= 4 is 15.8 Å². The summed E-state index contributed by atoms with van der Waals surface area (Å²) in [5.74, 6) is -4.46. The topological polar surface area (TPSA) is 80.7 Å². The number of hydrogen-bond donors (Lipinski definition) is 1. The standard InChI is InChI=1S/C12H12F2O5S/c1-19-9-6(12(3-4-12)11(15)16)5-7(13)10(8(9)14)20(2,17)18/h5H,3-4H2,1-2H3,(H,15,16). The molecule has 0 saturated heterocycles. The zero-order valence-electron chi connectivity index (χ0n) is 10.7. The summed E-state index contributed by atoms with van der Waals surface area (Å²) in [6.07, 6.45) is 1.10. The van der Waals surface area contributed by atoms with Gasteiger partial charge in [0.25, 0.3) is 0 Å². The molecule has 0 heterocycles. The van der Waals surface area contributed by atoms with E-state index in [1.54, 1.807) is 0 Å². The van der Waals surface area contributed by atoms with Gasteiger partial charge < -0.3 is 9.84 Å². The van der Waals surface area contributed by atoms with Gasteiger partial charge in [0, 0.05) is 11.8 Å². The van der Waals surface area contributed by atoms with E-state index >= 15 is 0 Å². The number of carboxylic acids is 1. The smallest absolute Gasteiger partial charge is 0.314 e. The lowest BCUT2D eigenvalue weighted by Crippen LogP contribution is -2.22. The molecule has 0 amide bonds. The van der Waals surface area contributed by atoms with Gasteiger partial charge in [-0.25, -0.2) is 17.2 Å². The van der Waals surface area contributed by atoms with Crippen LogP contribution >= 0.6 is 0 Å². The van der Waals surface area contributed by atoms with Gasteiger partial charge in [-0.2, -0.15) is 0 Å². The predicted molar refractivity (Wildman–Crippen MR) is 64.6 cm³/mol. The van der Waals surface area contributed by atoms with Crippen molar-refractivity contribution in [3.05, 3.63) is 23.3 Å². The number of benzene rings is 1. The molecule has 5 nitrogen and oxygen atoms in total. The fraction of sp³-hybridized carbons (Fsp3) is 0.417. The van der Waals surface area contributed by atoms with Gasteiger partial charge in [-0.15, -0.1) is 0 Å². The first-order valence-electron chi connectivity index (χ1n) is 5.65. The maximum Gasteiger partial charge on any atom is 0.314 e. The van der Waals surface area contributed by atoms with E-state index in [9.17, 15) is 22.0 Å². The summed E-state index contributed by atoms with van der Waals surface area (Å²) in [6, 6.07) is 0.736. The summed E-state index contributed by atoms with van der Waals surface area (Å²) >= 11 is 0. The van der Waals surface area contributed by atoms with E-state index in [1.807, 2.05) is 0 Å². The Balaban J connectivity index is 2.78. The van der Waals surface area contributed by atoms with Gasteiger partial charge in [0.05, 0.1) is 12.5 Å². The second-order valence-corrected chi connectivity index (χ2v) is 6.69. The number of rotatable bonds is 4. The Kier molecular flexibility index (Phi) is 3.24. The Morgan fingerprint density at radius 1 is 1.40 bits per heavy atom. The fourth-order valence-corrected chi connectivity index (χ4v) is 3.03. The first-order valence-corrected chi connectivity index (χ1v) is 7.54. The molecule has 1 N–H and O–H groups in total. The average molecular weight is 306 g/mol. The summed E-state index contributed by atoms with van der Waals surface area (Å²) < 4.78 is 55.6. The van der Waals surface area contributed by atoms with Crippen LogP contribution < -0.4 is 4.74 Å². The average Bonchev–Trinajstić information content (AvgIpc) is 3.07. The minimum absolute atomic E-state index is 0.171. The van der Waals surface area contributed by atoms with Crippen LogP contribution in [0.15, 0.2) is 11.0 Å². The van der Waals surface area contributed by atoms with E-state index in [0.29, 0.717) is 6.26 Å². The van der Waals surface area contributed by atoms with Crippen molar-refractivity contribution in [2.24, 2.45) is 0 Å². The van der Waals surface area contributed by atoms with Crippen LogP contribution in [0.3, 0.4) is 0 Å². The number of sulfone groups is 1. The zero-order valence-corrected chi connectivity index (χ0v) is 11.6. The highest BCUT2D eigenvalue weighted by molar-refractivity contribution is 7.90. The Morgan fingerprint density at radius 2 is 1.95 bits per heavy atom. The number of ether oxygens (including phenoxy) is 1. The van der Waals surface area contributed by atoms with Crippen molar-refractivity contribution in [2.45, 2.75) is 23.2 Å². The van der Waals surface area contributed by atoms with E-state index in [2.05, 4.69) is 0 Å². The van der Waals surface area contributed by atoms with Crippen LogP contribution in [0.5, 0.6) is 5.75 Å². The van der Waals surface area contributed by atoms with Crippen LogP contribution in [0.4, 0.5) is 8.78 Å². The zero-order chi connectivity index (χ0) is 15.3. The van der Waals surface area contributed by atoms with Gasteiger partial charge in [0.15, 0.2) is 21.4 Å². The molecule has 0 aliphatic heterocycles. The number of hydrogen-bond acceptors (Lipinski definition) is 4. The van der Waals surface area contributed by atoms with Crippen LogP contribution in [0.25, 0.3) is 0 Å². The van der Waals surface area contributed by atoms with Gasteiger partial charge in [-0.1, -0.05) is 0 Å². The number of aliphatic carboxylic acids is 1. The maximum absolute atomic E-state index is 14.2. The van der Waals surface area contributed by atoms with E-state index in [1.165, 1.54) is 0 Å². The molecule has 1 fully saturated rings. The van der Waals surface area contributed by atoms with Crippen LogP contribution in [-0.4, -0.2) is 32.9 Å². The van der Waals surface area contributed by atoms with Gasteiger partial charge in [0.2, 0.25) is 0 Å².